The van der Waals surface area contributed by atoms with Crippen molar-refractivity contribution in [1.29, 1.82) is 0 Å². The molecule has 0 fully saturated rings. The van der Waals surface area contributed by atoms with E-state index in [9.17, 15) is 44.2 Å². The molecule has 10 N–H and O–H groups in total. The SMILES string of the molecule is Brc1cncc2ccccc12.C.C.C=CCO.CC(=O)OOC(C)=O.CN.CNCCCc1c[n+](O)cc2ccccc12.CNCCCc1cn2c(=O)[nH]nc2c2ccccc12.CNCCCc1cnc(Cl)c2ccccc12.ClC(Cl)Cl.ClCCl.O=CCCc1c[n+](O)cc2ccccc12.O=P(Cl)(Cl)Cl.O[n+]1cc(Br)c2ccccc2c1.[B-]OC(C)=O.[Na+]. The van der Waals surface area contributed by atoms with Crippen molar-refractivity contribution in [1.82, 2.24) is 40.5 Å². The van der Waals surface area contributed by atoms with Crippen molar-refractivity contribution in [2.45, 2.75) is 91.3 Å². The molecule has 25 nitrogen and oxygen atoms in total. The Balaban J connectivity index is -0.00000132. The number of hydrogen-bond acceptors (Lipinski definition) is 20. The number of benzene rings is 6. The summed E-state index contributed by atoms with van der Waals surface area (Å²) in [4.78, 5) is 67.2. The summed E-state index contributed by atoms with van der Waals surface area (Å²) in [6.07, 6.45) is 27.2. The molecule has 0 saturated carbocycles. The van der Waals surface area contributed by atoms with Gasteiger partial charge in [0.05, 0.1) is 32.6 Å². The molecule has 0 aliphatic heterocycles. The van der Waals surface area contributed by atoms with Crippen molar-refractivity contribution in [3.05, 3.63) is 267 Å². The van der Waals surface area contributed by atoms with Crippen LogP contribution in [0.3, 0.4) is 0 Å². The fourth-order valence-corrected chi connectivity index (χ4v) is 11.7. The van der Waals surface area contributed by atoms with E-state index in [1.54, 1.807) is 41.6 Å². The molecule has 0 unspecified atom stereocenters. The van der Waals surface area contributed by atoms with Gasteiger partial charge in [-0.3, -0.25) is 30.0 Å². The molecule has 13 rings (SSSR count). The largest absolute Gasteiger partial charge is 1.00 e. The van der Waals surface area contributed by atoms with E-state index >= 15 is 0 Å². The van der Waals surface area contributed by atoms with Crippen LogP contribution in [-0.2, 0) is 63.9 Å². The number of H-pyrrole nitrogens is 1. The first kappa shape index (κ1) is 120. The van der Waals surface area contributed by atoms with Crippen molar-refractivity contribution >= 4 is 243 Å². The number of pyridine rings is 6. The Morgan fingerprint density at radius 1 is 0.577 bits per heavy atom. The van der Waals surface area contributed by atoms with Crippen LogP contribution in [0, 0.1) is 0 Å². The Hall–Kier alpha value is -7.07. The molecule has 123 heavy (non-hydrogen) atoms. The smallest absolute Gasteiger partial charge is 0.793 e. The minimum absolute atomic E-state index is 0. The third-order valence-corrected chi connectivity index (χ3v) is 16.7. The number of aldehydes is 1. The average molecular weight is 2030 g/mol. The molecule has 0 aliphatic carbocycles. The number of halogens is 11. The van der Waals surface area contributed by atoms with Crippen LogP contribution in [0.25, 0.3) is 70.3 Å². The van der Waals surface area contributed by atoms with E-state index in [4.69, 9.17) is 74.7 Å². The van der Waals surface area contributed by atoms with Crippen molar-refractivity contribution in [3.63, 3.8) is 0 Å². The standard InChI is InChI=1S/C14H16N4O.C13H15ClN2.C13H17N2O.C12H12NO2.C9H7BrNO.C9H6BrN.C4H6O4.C3H6O.C2H3BO2.CHCl3.CH2Cl2.CH5N.2CH4.Cl3OP.Na/c1-15-8-4-5-10-9-18-13(16-17-14(18)19)12-7-3-2-6-11(10)12;1-15-8-4-5-10-9-16-13(14)12-7-3-2-6-11(10)12;1-14-8-4-6-12-10-15(16)9-11-5-2-3-7-13(11)12;14-7-3-5-11-9-13(15)8-10-4-1-2-6-12(10)11;10-9-6-11(12)5-7-3-1-2-4-8(7)9;10-9-6-11-5-7-3-1-2-4-8(7)9;1-3(5)7-8-4(2)6;1-2-3-4;1-2(4)5-3;2-1(3)4;2-1-3;1-2;;;1-5(2,3)4;/h2-3,6-7,9,15H,4-5,8H2,1H3,(H,17,19);2-3,6-7,9,15H,4-5,8H2,1H3;2-3,5,7,9-10,14,16H,4,6,8H2,1H3;1-2,4,6-9,15H,3,5H2;1-6,12H;1-6H;1-2H3;2,4H,1,3H2;1H3;1H;1H2;2H2,1H3;2*1H4;;/q;;3*+1;;;;-1;;;;;;;+1. The Bertz CT molecular complexity index is 5310. The van der Waals surface area contributed by atoms with Gasteiger partial charge in [-0.1, -0.05) is 195 Å². The van der Waals surface area contributed by atoms with Gasteiger partial charge in [-0.05, 0) is 215 Å². The van der Waals surface area contributed by atoms with E-state index < -0.39 is 27.4 Å². The van der Waals surface area contributed by atoms with Crippen molar-refractivity contribution < 1.29 is 103 Å². The summed E-state index contributed by atoms with van der Waals surface area (Å²) in [6, 6.07) is 48.2. The molecule has 0 amide bonds. The molecule has 0 atom stereocenters. The fourth-order valence-electron chi connectivity index (χ4n) is 10.4. The molecule has 39 heteroatoms. The number of carbonyl (C=O) groups excluding carboxylic acids is 4. The second kappa shape index (κ2) is 71.0. The monoisotopic (exact) mass is 2030 g/mol. The zero-order valence-electron chi connectivity index (χ0n) is 67.6. The summed E-state index contributed by atoms with van der Waals surface area (Å²) < 4.78 is 19.2. The van der Waals surface area contributed by atoms with Crippen LogP contribution in [0.2, 0.25) is 5.15 Å². The molecule has 0 saturated heterocycles. The van der Waals surface area contributed by atoms with Crippen LogP contribution < -0.4 is 71.1 Å². The minimum Gasteiger partial charge on any atom is -0.793 e. The average Bonchev–Trinajstić information content (AvgIpc) is 1.66. The van der Waals surface area contributed by atoms with Crippen LogP contribution in [0.1, 0.15) is 83.6 Å². The van der Waals surface area contributed by atoms with Gasteiger partial charge in [0, 0.05) is 103 Å². The molecule has 3 radical (unpaired) electrons. The van der Waals surface area contributed by atoms with Gasteiger partial charge in [0.15, 0.2) is 9.94 Å². The van der Waals surface area contributed by atoms with Gasteiger partial charge in [-0.15, -0.1) is 29.8 Å². The van der Waals surface area contributed by atoms with E-state index in [-0.39, 0.29) is 62.0 Å². The van der Waals surface area contributed by atoms with Gasteiger partial charge < -0.3 is 44.3 Å². The maximum Gasteiger partial charge on any atom is 1.00 e. The summed E-state index contributed by atoms with van der Waals surface area (Å²) in [5.41, 5.74) is 9.64. The van der Waals surface area contributed by atoms with Gasteiger partial charge in [0.25, 0.3) is 0 Å². The van der Waals surface area contributed by atoms with E-state index in [1.807, 2.05) is 167 Å². The van der Waals surface area contributed by atoms with E-state index in [2.05, 4.69) is 161 Å². The van der Waals surface area contributed by atoms with Crippen LogP contribution in [-0.4, -0.2) is 142 Å². The Kier molecular flexibility index (Phi) is 69.3. The summed E-state index contributed by atoms with van der Waals surface area (Å²) in [5.74, 6) is -1.74. The molecule has 0 bridgehead atoms. The van der Waals surface area contributed by atoms with Gasteiger partial charge in [-0.25, -0.2) is 38.6 Å². The zero-order valence-corrected chi connectivity index (χ0v) is 80.5. The van der Waals surface area contributed by atoms with Gasteiger partial charge in [-0.2, -0.15) is 5.10 Å². The number of aliphatic hydroxyl groups is 1. The van der Waals surface area contributed by atoms with Crippen LogP contribution in [0.15, 0.2) is 234 Å². The summed E-state index contributed by atoms with van der Waals surface area (Å²) in [6.45, 7) is 9.82. The van der Waals surface area contributed by atoms with Crippen molar-refractivity contribution in [3.8, 4) is 0 Å². The Morgan fingerprint density at radius 2 is 0.919 bits per heavy atom. The zero-order chi connectivity index (χ0) is 90.0. The number of hydrogen-bond donors (Lipinski definition) is 9. The summed E-state index contributed by atoms with van der Waals surface area (Å²) in [5, 5.41) is 62.9. The van der Waals surface area contributed by atoms with Gasteiger partial charge in [0.2, 0.25) is 43.2 Å². The maximum absolute atomic E-state index is 11.7. The Morgan fingerprint density at radius 3 is 1.32 bits per heavy atom. The normalized spacial score (nSPS) is 9.74. The predicted octanol–water partition coefficient (Wildman–Crippen LogP) is 16.4. The number of nitrogens with zero attached hydrogens (tertiary/aromatic N) is 7. The van der Waals surface area contributed by atoms with Gasteiger partial charge in [0.1, 0.15) is 11.4 Å². The number of aromatic nitrogens is 8. The topological polar surface area (TPSA) is 344 Å². The number of aryl methyl sites for hydroxylation is 4. The predicted molar refractivity (Wildman–Crippen MR) is 507 cm³/mol. The van der Waals surface area contributed by atoms with E-state index in [0.29, 0.717) is 23.6 Å². The van der Waals surface area contributed by atoms with E-state index in [1.165, 1.54) is 63.7 Å². The molecule has 13 aromatic rings. The molecule has 661 valence electrons. The molecule has 7 heterocycles. The molecule has 0 aliphatic rings. The second-order valence-corrected chi connectivity index (χ2v) is 35.3. The number of carbonyl (C=O) groups is 4. The van der Waals surface area contributed by atoms with Crippen molar-refractivity contribution in [2.24, 2.45) is 5.73 Å². The first-order valence-corrected chi connectivity index (χ1v) is 44.8. The van der Waals surface area contributed by atoms with E-state index in [0.717, 1.165) is 145 Å². The molecule has 6 aromatic carbocycles. The van der Waals surface area contributed by atoms with Crippen LogP contribution in [0.4, 0.5) is 0 Å². The number of aliphatic hydroxyl groups excluding tert-OH is 1. The van der Waals surface area contributed by atoms with Gasteiger partial charge >= 0.3 is 52.4 Å². The molecular weight excluding hydrogens is 1930 g/mol. The first-order chi connectivity index (χ1) is 57.4. The number of alkyl halides is 5. The fraction of sp³-hybridized carbons (Fsp3) is 0.274. The van der Waals surface area contributed by atoms with Crippen LogP contribution in [0.5, 0.6) is 0 Å². The van der Waals surface area contributed by atoms with Crippen molar-refractivity contribution in [2.75, 3.05) is 59.8 Å². The molecular formula is C84H104BBr2Cl9N12NaO13P+3. The minimum atomic E-state index is -3.22. The summed E-state index contributed by atoms with van der Waals surface area (Å²) >= 11 is 50.7. The number of rotatable bonds is 16. The third kappa shape index (κ3) is 50.8. The number of nitrogens with two attached hydrogens (primary N) is 1. The maximum atomic E-state index is 11.7. The first-order valence-electron chi connectivity index (χ1n) is 36.0. The second-order valence-electron chi connectivity index (χ2n) is 23.8. The Labute approximate surface area is 802 Å². The third-order valence-electron chi connectivity index (χ3n) is 15.1. The molecule has 0 spiro atoms. The molecule has 7 aromatic heterocycles. The number of fused-ring (bicyclic) bond motifs is 8. The van der Waals surface area contributed by atoms with Crippen LogP contribution >= 0.6 is 140 Å². The number of aromatic amines is 1. The number of nitrogens with one attached hydrogen (secondary N) is 4. The quantitative estimate of drug-likeness (QED) is 0.00371. The summed E-state index contributed by atoms with van der Waals surface area (Å²) in [7, 11) is 11.7.